The third-order valence-electron chi connectivity index (χ3n) is 3.40. The molecule has 0 saturated heterocycles. The van der Waals surface area contributed by atoms with Gasteiger partial charge >= 0.3 is 0 Å². The zero-order valence-electron chi connectivity index (χ0n) is 10.7. The second-order valence-electron chi connectivity index (χ2n) is 5.02. The molecule has 1 nitrogen and oxygen atoms in total. The van der Waals surface area contributed by atoms with E-state index < -0.39 is 0 Å². The van der Waals surface area contributed by atoms with Crippen molar-refractivity contribution in [3.63, 3.8) is 0 Å². The quantitative estimate of drug-likeness (QED) is 0.753. The van der Waals surface area contributed by atoms with E-state index in [2.05, 4.69) is 20.8 Å². The molecule has 0 amide bonds. The monoisotopic (exact) mass is 220 g/mol. The predicted molar refractivity (Wildman–Crippen MR) is 69.7 cm³/mol. The van der Waals surface area contributed by atoms with E-state index in [9.17, 15) is 5.11 Å². The molecule has 0 radical (unpaired) electrons. The minimum absolute atomic E-state index is 0.443. The van der Waals surface area contributed by atoms with Crippen LogP contribution in [-0.2, 0) is 6.42 Å². The van der Waals surface area contributed by atoms with Crippen LogP contribution in [0.5, 0.6) is 5.75 Å². The highest BCUT2D eigenvalue weighted by Crippen LogP contribution is 2.23. The number of hydrogen-bond acceptors (Lipinski definition) is 1. The van der Waals surface area contributed by atoms with Crippen LogP contribution in [0.4, 0.5) is 0 Å². The highest BCUT2D eigenvalue weighted by molar-refractivity contribution is 5.31. The first-order valence-corrected chi connectivity index (χ1v) is 6.40. The first-order chi connectivity index (χ1) is 7.63. The average Bonchev–Trinajstić information content (AvgIpc) is 2.28. The molecular weight excluding hydrogens is 196 g/mol. The van der Waals surface area contributed by atoms with Crippen molar-refractivity contribution >= 4 is 0 Å². The maximum Gasteiger partial charge on any atom is 0.118 e. The summed E-state index contributed by atoms with van der Waals surface area (Å²) in [6.07, 6.45) is 4.72. The van der Waals surface area contributed by atoms with Crippen LogP contribution in [0, 0.1) is 11.8 Å². The van der Waals surface area contributed by atoms with Gasteiger partial charge in [-0.25, -0.2) is 0 Å². The summed E-state index contributed by atoms with van der Waals surface area (Å²) in [4.78, 5) is 0. The Labute approximate surface area is 99.5 Å². The molecule has 0 aliphatic rings. The number of hydrogen-bond donors (Lipinski definition) is 1. The molecule has 1 N–H and O–H groups in total. The molecule has 0 heterocycles. The summed E-state index contributed by atoms with van der Waals surface area (Å²) in [5, 5.41) is 9.65. The van der Waals surface area contributed by atoms with E-state index in [-0.39, 0.29) is 0 Å². The number of rotatable bonds is 6. The van der Waals surface area contributed by atoms with E-state index in [1.165, 1.54) is 19.3 Å². The Morgan fingerprint density at radius 2 is 1.81 bits per heavy atom. The smallest absolute Gasteiger partial charge is 0.118 e. The van der Waals surface area contributed by atoms with Crippen molar-refractivity contribution in [2.75, 3.05) is 0 Å². The maximum absolute atomic E-state index is 9.65. The molecule has 0 fully saturated rings. The van der Waals surface area contributed by atoms with Gasteiger partial charge in [0.15, 0.2) is 0 Å². The molecule has 1 heteroatoms. The summed E-state index contributed by atoms with van der Waals surface area (Å²) in [6.45, 7) is 6.88. The van der Waals surface area contributed by atoms with Gasteiger partial charge in [-0.1, -0.05) is 45.4 Å². The molecule has 0 spiro atoms. The number of phenols is 1. The van der Waals surface area contributed by atoms with Crippen LogP contribution in [0.25, 0.3) is 0 Å². The molecule has 90 valence electrons. The molecule has 0 aromatic heterocycles. The largest absolute Gasteiger partial charge is 0.508 e. The molecule has 16 heavy (non-hydrogen) atoms. The topological polar surface area (TPSA) is 20.2 Å². The first kappa shape index (κ1) is 13.1. The minimum atomic E-state index is 0.443. The molecule has 0 aliphatic carbocycles. The predicted octanol–water partition coefficient (Wildman–Crippen LogP) is 4.40. The standard InChI is InChI=1S/C15H24O/c1-4-12(2)11-13(3)9-10-14-7-5-6-8-15(14)16/h5-8,12-13,16H,4,9-11H2,1-3H3. The number of benzene rings is 1. The second-order valence-corrected chi connectivity index (χ2v) is 5.02. The number of para-hydroxylation sites is 1. The van der Waals surface area contributed by atoms with Gasteiger partial charge in [-0.2, -0.15) is 0 Å². The normalized spacial score (nSPS) is 14.7. The Bertz CT molecular complexity index is 306. The van der Waals surface area contributed by atoms with Gasteiger partial charge in [-0.3, -0.25) is 0 Å². The van der Waals surface area contributed by atoms with Crippen molar-refractivity contribution in [3.8, 4) is 5.75 Å². The van der Waals surface area contributed by atoms with Crippen LogP contribution in [0.2, 0.25) is 0 Å². The van der Waals surface area contributed by atoms with E-state index in [1.807, 2.05) is 18.2 Å². The average molecular weight is 220 g/mol. The molecule has 2 unspecified atom stereocenters. The van der Waals surface area contributed by atoms with Crippen LogP contribution >= 0.6 is 0 Å². The highest BCUT2D eigenvalue weighted by Gasteiger charge is 2.08. The van der Waals surface area contributed by atoms with E-state index in [0.29, 0.717) is 5.75 Å². The van der Waals surface area contributed by atoms with Gasteiger partial charge in [-0.15, -0.1) is 0 Å². The number of aromatic hydroxyl groups is 1. The van der Waals surface area contributed by atoms with E-state index in [4.69, 9.17) is 0 Å². The fourth-order valence-corrected chi connectivity index (χ4v) is 2.10. The van der Waals surface area contributed by atoms with Gasteiger partial charge < -0.3 is 5.11 Å². The number of phenolic OH excluding ortho intramolecular Hbond substituents is 1. The highest BCUT2D eigenvalue weighted by atomic mass is 16.3. The molecule has 0 aliphatic heterocycles. The van der Waals surface area contributed by atoms with Crippen molar-refractivity contribution in [2.24, 2.45) is 11.8 Å². The Morgan fingerprint density at radius 1 is 1.12 bits per heavy atom. The molecule has 1 aromatic carbocycles. The van der Waals surface area contributed by atoms with Crippen molar-refractivity contribution in [2.45, 2.75) is 46.5 Å². The van der Waals surface area contributed by atoms with Crippen molar-refractivity contribution < 1.29 is 5.11 Å². The summed E-state index contributed by atoms with van der Waals surface area (Å²) in [7, 11) is 0. The molecule has 0 saturated carbocycles. The van der Waals surface area contributed by atoms with Crippen LogP contribution in [-0.4, -0.2) is 5.11 Å². The van der Waals surface area contributed by atoms with E-state index >= 15 is 0 Å². The summed E-state index contributed by atoms with van der Waals surface area (Å²) in [5.74, 6) is 2.01. The van der Waals surface area contributed by atoms with Gasteiger partial charge in [0.2, 0.25) is 0 Å². The van der Waals surface area contributed by atoms with Crippen molar-refractivity contribution in [1.82, 2.24) is 0 Å². The maximum atomic E-state index is 9.65. The van der Waals surface area contributed by atoms with Gasteiger partial charge in [0.25, 0.3) is 0 Å². The third kappa shape index (κ3) is 4.26. The summed E-state index contributed by atoms with van der Waals surface area (Å²) < 4.78 is 0. The van der Waals surface area contributed by atoms with Crippen LogP contribution < -0.4 is 0 Å². The van der Waals surface area contributed by atoms with E-state index in [0.717, 1.165) is 23.8 Å². The zero-order chi connectivity index (χ0) is 12.0. The number of aryl methyl sites for hydroxylation is 1. The SMILES string of the molecule is CCC(C)CC(C)CCc1ccccc1O. The lowest BCUT2D eigenvalue weighted by Gasteiger charge is -2.15. The Hall–Kier alpha value is -0.980. The zero-order valence-corrected chi connectivity index (χ0v) is 10.7. The lowest BCUT2D eigenvalue weighted by molar-refractivity contribution is 0.384. The summed E-state index contributed by atoms with van der Waals surface area (Å²) >= 11 is 0. The minimum Gasteiger partial charge on any atom is -0.508 e. The lowest BCUT2D eigenvalue weighted by atomic mass is 9.91. The van der Waals surface area contributed by atoms with Gasteiger partial charge in [0.05, 0.1) is 0 Å². The van der Waals surface area contributed by atoms with Gasteiger partial charge in [-0.05, 0) is 42.7 Å². The first-order valence-electron chi connectivity index (χ1n) is 6.40. The molecule has 1 rings (SSSR count). The Kier molecular flexibility index (Phi) is 5.37. The molecular formula is C15H24O. The molecule has 1 aromatic rings. The van der Waals surface area contributed by atoms with Crippen molar-refractivity contribution in [3.05, 3.63) is 29.8 Å². The molecule has 0 bridgehead atoms. The van der Waals surface area contributed by atoms with Crippen molar-refractivity contribution in [1.29, 1.82) is 0 Å². The Morgan fingerprint density at radius 3 is 2.44 bits per heavy atom. The fourth-order valence-electron chi connectivity index (χ4n) is 2.10. The van der Waals surface area contributed by atoms with Crippen LogP contribution in [0.15, 0.2) is 24.3 Å². The van der Waals surface area contributed by atoms with Gasteiger partial charge in [0.1, 0.15) is 5.75 Å². The third-order valence-corrected chi connectivity index (χ3v) is 3.40. The van der Waals surface area contributed by atoms with E-state index in [1.54, 1.807) is 6.07 Å². The van der Waals surface area contributed by atoms with Gasteiger partial charge in [0, 0.05) is 0 Å². The summed E-state index contributed by atoms with van der Waals surface area (Å²) in [5.41, 5.74) is 1.08. The fraction of sp³-hybridized carbons (Fsp3) is 0.600. The lowest BCUT2D eigenvalue weighted by Crippen LogP contribution is -2.03. The van der Waals surface area contributed by atoms with Crippen LogP contribution in [0.1, 0.15) is 45.6 Å². The molecule has 2 atom stereocenters. The summed E-state index contributed by atoms with van der Waals surface area (Å²) in [6, 6.07) is 7.66. The Balaban J connectivity index is 2.37. The van der Waals surface area contributed by atoms with Crippen LogP contribution in [0.3, 0.4) is 0 Å². The second kappa shape index (κ2) is 6.57.